The average molecular weight is 226 g/mol. The lowest BCUT2D eigenvalue weighted by Crippen LogP contribution is -2.41. The maximum absolute atomic E-state index is 6.24. The Morgan fingerprint density at radius 3 is 2.62 bits per heavy atom. The van der Waals surface area contributed by atoms with Crippen molar-refractivity contribution in [2.75, 3.05) is 19.6 Å². The first-order valence-corrected chi connectivity index (χ1v) is 7.15. The highest BCUT2D eigenvalue weighted by molar-refractivity contribution is 4.76. The molecule has 3 atom stereocenters. The molecule has 0 aliphatic carbocycles. The van der Waals surface area contributed by atoms with Gasteiger partial charge in [0.25, 0.3) is 0 Å². The summed E-state index contributed by atoms with van der Waals surface area (Å²) in [5.41, 5.74) is 6.24. The Morgan fingerprint density at radius 2 is 2.00 bits per heavy atom. The first kappa shape index (κ1) is 14.0. The van der Waals surface area contributed by atoms with E-state index in [0.29, 0.717) is 12.0 Å². The molecule has 0 amide bonds. The van der Waals surface area contributed by atoms with E-state index in [-0.39, 0.29) is 0 Å². The Balaban J connectivity index is 2.32. The second kappa shape index (κ2) is 7.29. The van der Waals surface area contributed by atoms with Crippen molar-refractivity contribution in [3.05, 3.63) is 0 Å². The van der Waals surface area contributed by atoms with Crippen molar-refractivity contribution in [3.63, 3.8) is 0 Å². The fourth-order valence-electron chi connectivity index (χ4n) is 2.60. The Kier molecular flexibility index (Phi) is 6.37. The topological polar surface area (TPSA) is 29.3 Å². The zero-order valence-electron chi connectivity index (χ0n) is 11.4. The van der Waals surface area contributed by atoms with E-state index >= 15 is 0 Å². The van der Waals surface area contributed by atoms with Crippen LogP contribution in [-0.4, -0.2) is 30.6 Å². The highest BCUT2D eigenvalue weighted by Gasteiger charge is 2.19. The molecule has 2 heteroatoms. The highest BCUT2D eigenvalue weighted by Crippen LogP contribution is 2.20. The molecule has 1 aliphatic heterocycles. The third-order valence-corrected chi connectivity index (χ3v) is 4.36. The van der Waals surface area contributed by atoms with Crippen LogP contribution in [0, 0.1) is 11.8 Å². The fraction of sp³-hybridized carbons (Fsp3) is 1.00. The van der Waals surface area contributed by atoms with Crippen LogP contribution in [0.5, 0.6) is 0 Å². The number of hydrogen-bond donors (Lipinski definition) is 1. The van der Waals surface area contributed by atoms with Crippen LogP contribution in [0.4, 0.5) is 0 Å². The van der Waals surface area contributed by atoms with Gasteiger partial charge in [-0.3, -0.25) is 0 Å². The summed E-state index contributed by atoms with van der Waals surface area (Å²) < 4.78 is 0. The van der Waals surface area contributed by atoms with Gasteiger partial charge in [-0.25, -0.2) is 0 Å². The summed E-state index contributed by atoms with van der Waals surface area (Å²) in [6.07, 6.45) is 6.72. The molecular weight excluding hydrogens is 196 g/mol. The Hall–Kier alpha value is -0.0800. The minimum atomic E-state index is 0.364. The van der Waals surface area contributed by atoms with Crippen molar-refractivity contribution in [1.82, 2.24) is 4.90 Å². The SMILES string of the molecule is CCC1CCCN(CC(N)C(C)CC)CC1. The second-order valence-corrected chi connectivity index (χ2v) is 5.56. The molecule has 3 unspecified atom stereocenters. The lowest BCUT2D eigenvalue weighted by atomic mass is 9.98. The molecule has 1 fully saturated rings. The lowest BCUT2D eigenvalue weighted by molar-refractivity contribution is 0.236. The highest BCUT2D eigenvalue weighted by atomic mass is 15.1. The van der Waals surface area contributed by atoms with Crippen molar-refractivity contribution < 1.29 is 0 Å². The molecule has 2 nitrogen and oxygen atoms in total. The van der Waals surface area contributed by atoms with Crippen molar-refractivity contribution in [1.29, 1.82) is 0 Å². The first-order chi connectivity index (χ1) is 7.67. The zero-order valence-corrected chi connectivity index (χ0v) is 11.4. The Bertz CT molecular complexity index is 182. The first-order valence-electron chi connectivity index (χ1n) is 7.15. The van der Waals surface area contributed by atoms with Crippen LogP contribution in [0.3, 0.4) is 0 Å². The number of rotatable bonds is 5. The summed E-state index contributed by atoms with van der Waals surface area (Å²) in [6, 6.07) is 0.364. The quantitative estimate of drug-likeness (QED) is 0.781. The maximum Gasteiger partial charge on any atom is 0.0193 e. The predicted octanol–water partition coefficient (Wildman–Crippen LogP) is 2.87. The van der Waals surface area contributed by atoms with Gasteiger partial charge in [0.2, 0.25) is 0 Å². The van der Waals surface area contributed by atoms with Gasteiger partial charge in [-0.05, 0) is 44.2 Å². The summed E-state index contributed by atoms with van der Waals surface area (Å²) in [4.78, 5) is 2.59. The Morgan fingerprint density at radius 1 is 1.25 bits per heavy atom. The molecule has 96 valence electrons. The summed E-state index contributed by atoms with van der Waals surface area (Å²) in [5.74, 6) is 1.62. The second-order valence-electron chi connectivity index (χ2n) is 5.56. The van der Waals surface area contributed by atoms with Gasteiger partial charge >= 0.3 is 0 Å². The molecule has 1 aliphatic rings. The van der Waals surface area contributed by atoms with Gasteiger partial charge < -0.3 is 10.6 Å². The Labute approximate surface area is 102 Å². The van der Waals surface area contributed by atoms with Gasteiger partial charge in [0.05, 0.1) is 0 Å². The van der Waals surface area contributed by atoms with Crippen molar-refractivity contribution >= 4 is 0 Å². The largest absolute Gasteiger partial charge is 0.326 e. The predicted molar refractivity (Wildman–Crippen MR) is 71.5 cm³/mol. The summed E-state index contributed by atoms with van der Waals surface area (Å²) in [7, 11) is 0. The number of likely N-dealkylation sites (tertiary alicyclic amines) is 1. The fourth-order valence-corrected chi connectivity index (χ4v) is 2.60. The van der Waals surface area contributed by atoms with Gasteiger partial charge in [0.1, 0.15) is 0 Å². The van der Waals surface area contributed by atoms with Crippen LogP contribution >= 0.6 is 0 Å². The molecule has 0 radical (unpaired) electrons. The third-order valence-electron chi connectivity index (χ3n) is 4.36. The molecule has 1 saturated heterocycles. The van der Waals surface area contributed by atoms with Gasteiger partial charge in [0.15, 0.2) is 0 Å². The molecule has 2 N–H and O–H groups in total. The molecule has 0 aromatic rings. The van der Waals surface area contributed by atoms with E-state index in [0.717, 1.165) is 12.5 Å². The van der Waals surface area contributed by atoms with E-state index in [2.05, 4.69) is 25.7 Å². The maximum atomic E-state index is 6.24. The van der Waals surface area contributed by atoms with Crippen molar-refractivity contribution in [2.24, 2.45) is 17.6 Å². The van der Waals surface area contributed by atoms with Crippen LogP contribution in [0.2, 0.25) is 0 Å². The molecule has 1 heterocycles. The summed E-state index contributed by atoms with van der Waals surface area (Å²) in [5, 5.41) is 0. The molecular formula is C14H30N2. The van der Waals surface area contributed by atoms with E-state index in [1.54, 1.807) is 0 Å². The van der Waals surface area contributed by atoms with Crippen LogP contribution in [-0.2, 0) is 0 Å². The third kappa shape index (κ3) is 4.42. The van der Waals surface area contributed by atoms with E-state index in [1.807, 2.05) is 0 Å². The number of nitrogens with two attached hydrogens (primary N) is 1. The molecule has 0 bridgehead atoms. The van der Waals surface area contributed by atoms with Gasteiger partial charge in [-0.2, -0.15) is 0 Å². The van der Waals surface area contributed by atoms with Crippen LogP contribution in [0.15, 0.2) is 0 Å². The summed E-state index contributed by atoms with van der Waals surface area (Å²) in [6.45, 7) is 10.5. The zero-order chi connectivity index (χ0) is 12.0. The van der Waals surface area contributed by atoms with Crippen LogP contribution in [0.1, 0.15) is 52.9 Å². The molecule has 0 aromatic heterocycles. The smallest absolute Gasteiger partial charge is 0.0193 e. The van der Waals surface area contributed by atoms with Crippen LogP contribution < -0.4 is 5.73 Å². The monoisotopic (exact) mass is 226 g/mol. The molecule has 0 saturated carbocycles. The van der Waals surface area contributed by atoms with E-state index in [4.69, 9.17) is 5.73 Å². The molecule has 0 aromatic carbocycles. The van der Waals surface area contributed by atoms with Gasteiger partial charge in [0, 0.05) is 12.6 Å². The molecule has 0 spiro atoms. The normalized spacial score (nSPS) is 27.4. The minimum absolute atomic E-state index is 0.364. The van der Waals surface area contributed by atoms with Crippen LogP contribution in [0.25, 0.3) is 0 Å². The van der Waals surface area contributed by atoms with Gasteiger partial charge in [-0.1, -0.05) is 33.6 Å². The standard InChI is InChI=1S/C14H30N2/c1-4-12(3)14(15)11-16-9-6-7-13(5-2)8-10-16/h12-14H,4-11,15H2,1-3H3. The number of hydrogen-bond acceptors (Lipinski definition) is 2. The average Bonchev–Trinajstić information content (AvgIpc) is 2.53. The van der Waals surface area contributed by atoms with Crippen molar-refractivity contribution in [3.8, 4) is 0 Å². The number of nitrogens with zero attached hydrogens (tertiary/aromatic N) is 1. The van der Waals surface area contributed by atoms with E-state index in [1.165, 1.54) is 45.2 Å². The summed E-state index contributed by atoms with van der Waals surface area (Å²) >= 11 is 0. The van der Waals surface area contributed by atoms with Crippen molar-refractivity contribution in [2.45, 2.75) is 58.9 Å². The van der Waals surface area contributed by atoms with Gasteiger partial charge in [-0.15, -0.1) is 0 Å². The minimum Gasteiger partial charge on any atom is -0.326 e. The van der Waals surface area contributed by atoms with E-state index in [9.17, 15) is 0 Å². The molecule has 1 rings (SSSR count). The lowest BCUT2D eigenvalue weighted by Gasteiger charge is -2.27. The van der Waals surface area contributed by atoms with E-state index < -0.39 is 0 Å². The molecule has 16 heavy (non-hydrogen) atoms.